The van der Waals surface area contributed by atoms with Gasteiger partial charge in [0.1, 0.15) is 6.79 Å². The van der Waals surface area contributed by atoms with Gasteiger partial charge in [-0.05, 0) is 6.79 Å². The third-order valence-corrected chi connectivity index (χ3v) is 0.129. The zero-order valence-electron chi connectivity index (χ0n) is 9.81. The third-order valence-electron chi connectivity index (χ3n) is 0.129. The number of carbonyl (C=O) groups is 1. The van der Waals surface area contributed by atoms with Crippen molar-refractivity contribution in [1.82, 2.24) is 0 Å². The van der Waals surface area contributed by atoms with Crippen LogP contribution >= 0.6 is 0 Å². The lowest BCUT2D eigenvalue weighted by molar-refractivity contribution is -0.421. The summed E-state index contributed by atoms with van der Waals surface area (Å²) in [5, 5.41) is 37.7. The summed E-state index contributed by atoms with van der Waals surface area (Å²) in [5.41, 5.74) is 0. The number of hydrogen-bond donors (Lipinski definition) is 2. The number of carboxylic acid groups (broad SMARTS) is 1. The van der Waals surface area contributed by atoms with Gasteiger partial charge in [-0.1, -0.05) is 36.1 Å². The number of carbonyl (C=O) groups excluding carboxylic acids is 1. The Labute approximate surface area is 122 Å². The number of methoxy groups -OCH3 is 1. The number of aliphatic hydroxyl groups is 2. The first-order valence-corrected chi connectivity index (χ1v) is 3.31. The molecule has 5 N–H and O–H groups in total. The van der Waals surface area contributed by atoms with Crippen molar-refractivity contribution in [2.75, 3.05) is 20.7 Å². The quantitative estimate of drug-likeness (QED) is 0.331. The Balaban J connectivity index is -0.00000000534. The first-order valence-electron chi connectivity index (χ1n) is 3.31. The highest BCUT2D eigenvalue weighted by atomic mass is 16.6. The maximum atomic E-state index is 8.49. The smallest absolute Gasteiger partial charge is 0.143 e. The molecule has 0 heterocycles. The number of hydrogen-bond acceptors (Lipinski definition) is 10. The standard InChI is InChI=1S/C2H6O2.C2H6.CN.CH3O2.CH2O2.3CH4.3H2O/c1-4-2-3;2*1-2;2*2-1-3;;;;;;/h3H,2H2,1H3;1-2H3;;2H,1H2;1H,(H,2,3);3*1H4;3*1H2/q;;2*-1;;;;;;;/p-4. The molecule has 0 saturated carbocycles. The Morgan fingerprint density at radius 2 is 1.15 bits per heavy atom. The number of nitrogens with zero attached hydrogens (tertiary/aromatic N) is 1. The van der Waals surface area contributed by atoms with Crippen LogP contribution in [0.25, 0.3) is 0 Å². The number of aliphatic hydroxyl groups excluding tert-OH is 2. The van der Waals surface area contributed by atoms with Gasteiger partial charge in [0, 0.05) is 13.6 Å². The van der Waals surface area contributed by atoms with Crippen LogP contribution in [0.4, 0.5) is 0 Å². The summed E-state index contributed by atoms with van der Waals surface area (Å²) in [6.07, 6.45) is 0. The highest BCUT2D eigenvalue weighted by Crippen LogP contribution is 1.46. The van der Waals surface area contributed by atoms with Gasteiger partial charge in [0.25, 0.3) is 0 Å². The fourth-order valence-corrected chi connectivity index (χ4v) is 0. The molecule has 0 aromatic heterocycles. The number of ether oxygens (including phenoxy) is 1. The third kappa shape index (κ3) is 40000. The molecule has 10 nitrogen and oxygen atoms in total. The molecule has 0 aliphatic rings. The van der Waals surface area contributed by atoms with Gasteiger partial charge >= 0.3 is 0 Å². The summed E-state index contributed by atoms with van der Waals surface area (Å²) in [7, 11) is 1.43. The lowest BCUT2D eigenvalue weighted by atomic mass is 11.0. The molecule has 0 unspecified atom stereocenters. The van der Waals surface area contributed by atoms with Gasteiger partial charge in [-0.25, -0.2) is 0 Å². The normalized spacial score (nSPS) is 3.40. The Kier molecular flexibility index (Phi) is 3390. The average Bonchev–Trinajstić information content (AvgIpc) is 2.26. The largest absolute Gasteiger partial charge is 0.870 e. The highest BCUT2D eigenvalue weighted by Gasteiger charge is 1.51. The van der Waals surface area contributed by atoms with Crippen LogP contribution in [-0.4, -0.2) is 53.8 Å². The molecule has 136 valence electrons. The highest BCUT2D eigenvalue weighted by molar-refractivity contribution is 5.29. The van der Waals surface area contributed by atoms with Crippen LogP contribution < -0.4 is 10.2 Å². The van der Waals surface area contributed by atoms with Crippen molar-refractivity contribution in [2.45, 2.75) is 36.1 Å². The summed E-state index contributed by atoms with van der Waals surface area (Å²) in [4.78, 5) is 8.25. The van der Waals surface area contributed by atoms with Gasteiger partial charge in [-0.15, -0.1) is 0 Å². The van der Waals surface area contributed by atoms with E-state index in [0.717, 1.165) is 0 Å². The first kappa shape index (κ1) is 99.0. The molecule has 0 atom stereocenters. The molecule has 0 radical (unpaired) electrons. The van der Waals surface area contributed by atoms with Crippen molar-refractivity contribution in [3.8, 4) is 0 Å². The van der Waals surface area contributed by atoms with Crippen LogP contribution in [0.1, 0.15) is 36.1 Å². The van der Waals surface area contributed by atoms with Crippen molar-refractivity contribution >= 4 is 6.47 Å². The molecule has 0 saturated heterocycles. The van der Waals surface area contributed by atoms with Gasteiger partial charge in [0.2, 0.25) is 0 Å². The van der Waals surface area contributed by atoms with E-state index in [1.54, 1.807) is 0 Å². The Hall–Kier alpha value is -1.32. The second-order valence-corrected chi connectivity index (χ2v) is 0.643. The predicted octanol–water partition coefficient (Wildman–Crippen LogP) is -1.25. The molecule has 0 bridgehead atoms. The van der Waals surface area contributed by atoms with Crippen molar-refractivity contribution in [2.24, 2.45) is 0 Å². The monoisotopic (exact) mass is 309 g/mol. The molecule has 0 spiro atoms. The van der Waals surface area contributed by atoms with Crippen LogP contribution in [0.2, 0.25) is 0 Å². The molecule has 0 rings (SSSR count). The van der Waals surface area contributed by atoms with E-state index in [0.29, 0.717) is 0 Å². The van der Waals surface area contributed by atoms with Gasteiger partial charge in [-0.3, -0.25) is 0 Å². The zero-order valence-corrected chi connectivity index (χ0v) is 9.81. The predicted molar refractivity (Wildman–Crippen MR) is 69.6 cm³/mol. The van der Waals surface area contributed by atoms with Gasteiger partial charge < -0.3 is 58.2 Å². The van der Waals surface area contributed by atoms with E-state index in [9.17, 15) is 0 Å². The molecule has 0 fully saturated rings. The van der Waals surface area contributed by atoms with E-state index < -0.39 is 13.3 Å². The van der Waals surface area contributed by atoms with Gasteiger partial charge in [-0.2, -0.15) is 0 Å². The van der Waals surface area contributed by atoms with E-state index in [1.807, 2.05) is 13.8 Å². The molecule has 20 heavy (non-hydrogen) atoms. The Morgan fingerprint density at radius 3 is 1.15 bits per heavy atom. The molecular weight excluding hydrogens is 278 g/mol. The molecule has 0 amide bonds. The van der Waals surface area contributed by atoms with Crippen molar-refractivity contribution in [3.05, 3.63) is 6.57 Å². The second kappa shape index (κ2) is 685. The van der Waals surface area contributed by atoms with E-state index >= 15 is 0 Å². The summed E-state index contributed by atoms with van der Waals surface area (Å²) in [6, 6.07) is 0. The maximum absolute atomic E-state index is 8.49. The van der Waals surface area contributed by atoms with E-state index in [4.69, 9.17) is 37.1 Å². The van der Waals surface area contributed by atoms with Crippen molar-refractivity contribution in [1.29, 1.82) is 5.26 Å². The SMILES string of the molecule is C.C.C.CC.COCO.O=C[O-].[C-]#N.[O-]CO.[OH-].[OH-].[OH-]. The minimum atomic E-state index is -1.00. The van der Waals surface area contributed by atoms with Crippen LogP contribution in [0.5, 0.6) is 0 Å². The molecular formula is C10H31NO9-6. The molecule has 0 aromatic rings. The molecule has 0 aliphatic heterocycles. The fourth-order valence-electron chi connectivity index (χ4n) is 0. The van der Waals surface area contributed by atoms with Crippen LogP contribution in [0.3, 0.4) is 0 Å². The van der Waals surface area contributed by atoms with Gasteiger partial charge in [0.05, 0.1) is 0 Å². The van der Waals surface area contributed by atoms with Crippen molar-refractivity contribution < 1.29 is 46.4 Å². The summed E-state index contributed by atoms with van der Waals surface area (Å²) >= 11 is 0. The molecule has 0 aliphatic carbocycles. The van der Waals surface area contributed by atoms with Gasteiger partial charge in [0.15, 0.2) is 0 Å². The van der Waals surface area contributed by atoms with Crippen LogP contribution in [0, 0.1) is 11.8 Å². The Morgan fingerprint density at radius 1 is 1.10 bits per heavy atom. The summed E-state index contributed by atoms with van der Waals surface area (Å²) in [6.45, 7) is 7.07. The lowest BCUT2D eigenvalue weighted by Crippen LogP contribution is -2.01. The topological polar surface area (TPSA) is 227 Å². The van der Waals surface area contributed by atoms with Crippen molar-refractivity contribution in [3.63, 3.8) is 0 Å². The second-order valence-electron chi connectivity index (χ2n) is 0.643. The average molecular weight is 309 g/mol. The first-order chi connectivity index (χ1) is 6.74. The zero-order chi connectivity index (χ0) is 12.8. The van der Waals surface area contributed by atoms with E-state index in [1.165, 1.54) is 7.11 Å². The van der Waals surface area contributed by atoms with E-state index in [-0.39, 0.29) is 45.5 Å². The Bertz CT molecular complexity index is 73.0. The fraction of sp³-hybridized carbons (Fsp3) is 0.800. The minimum absolute atomic E-state index is 0. The minimum Gasteiger partial charge on any atom is -0.870 e. The maximum Gasteiger partial charge on any atom is 0.143 e. The van der Waals surface area contributed by atoms with E-state index in [2.05, 4.69) is 4.74 Å². The summed E-state index contributed by atoms with van der Waals surface area (Å²) < 4.78 is 4.10. The van der Waals surface area contributed by atoms with Crippen LogP contribution in [0.15, 0.2) is 0 Å². The summed E-state index contributed by atoms with van der Waals surface area (Å²) in [5.74, 6) is 0. The molecule has 0 aromatic carbocycles. The lowest BCUT2D eigenvalue weighted by Gasteiger charge is -1.80. The van der Waals surface area contributed by atoms with Crippen LogP contribution in [-0.2, 0) is 9.53 Å². The molecule has 10 heteroatoms. The number of rotatable bonds is 1.